The van der Waals surface area contributed by atoms with Crippen molar-refractivity contribution < 1.29 is 29.1 Å². The largest absolute Gasteiger partial charge is 0.480 e. The average Bonchev–Trinajstić information content (AvgIpc) is 2.60. The Morgan fingerprint density at radius 1 is 1.04 bits per heavy atom. The molecule has 0 radical (unpaired) electrons. The van der Waals surface area contributed by atoms with Crippen LogP contribution in [-0.4, -0.2) is 59.4 Å². The number of rotatable bonds is 12. The lowest BCUT2D eigenvalue weighted by atomic mass is 9.99. The number of carboxylic acid groups (broad SMARTS) is 1. The molecule has 11 nitrogen and oxygen atoms in total. The van der Waals surface area contributed by atoms with Crippen molar-refractivity contribution in [2.45, 2.75) is 58.2 Å². The zero-order valence-corrected chi connectivity index (χ0v) is 15.8. The van der Waals surface area contributed by atoms with Crippen LogP contribution in [-0.2, 0) is 24.0 Å². The molecule has 0 heterocycles. The maximum absolute atomic E-state index is 12.0. The van der Waals surface area contributed by atoms with Gasteiger partial charge in [-0.25, -0.2) is 4.79 Å². The monoisotopic (exact) mass is 387 g/mol. The number of nitrogens with one attached hydrogen (secondary N) is 3. The molecule has 0 aromatic carbocycles. The van der Waals surface area contributed by atoms with Gasteiger partial charge >= 0.3 is 5.97 Å². The topological polar surface area (TPSA) is 194 Å². The van der Waals surface area contributed by atoms with Crippen LogP contribution in [0.1, 0.15) is 40.0 Å². The van der Waals surface area contributed by atoms with Crippen molar-refractivity contribution in [1.82, 2.24) is 16.0 Å². The predicted molar refractivity (Wildman–Crippen MR) is 96.0 cm³/mol. The van der Waals surface area contributed by atoms with Crippen molar-refractivity contribution in [3.63, 3.8) is 0 Å². The summed E-state index contributed by atoms with van der Waals surface area (Å²) < 4.78 is 0. The van der Waals surface area contributed by atoms with Crippen LogP contribution in [0.15, 0.2) is 0 Å². The van der Waals surface area contributed by atoms with Crippen molar-refractivity contribution in [3.05, 3.63) is 0 Å². The first-order chi connectivity index (χ1) is 12.5. The van der Waals surface area contributed by atoms with Gasteiger partial charge in [-0.2, -0.15) is 0 Å². The summed E-state index contributed by atoms with van der Waals surface area (Å²) in [6, 6.07) is -2.98. The van der Waals surface area contributed by atoms with E-state index < -0.39 is 54.3 Å². The van der Waals surface area contributed by atoms with Gasteiger partial charge in [0, 0.05) is 6.42 Å². The first-order valence-corrected chi connectivity index (χ1v) is 8.63. The molecule has 0 unspecified atom stereocenters. The molecule has 0 saturated carbocycles. The van der Waals surface area contributed by atoms with Gasteiger partial charge in [-0.3, -0.25) is 19.2 Å². The first kappa shape index (κ1) is 24.3. The average molecular weight is 387 g/mol. The van der Waals surface area contributed by atoms with Crippen LogP contribution in [0.3, 0.4) is 0 Å². The SMILES string of the molecule is CC[C@H](C)[C@H](N)C(=O)N[C@@H](C)C(=O)NCC(=O)N[C@@H](CCC(N)=O)C(=O)O. The number of carbonyl (C=O) groups excluding carboxylic acids is 4. The van der Waals surface area contributed by atoms with Gasteiger partial charge in [0.05, 0.1) is 12.6 Å². The molecule has 4 atom stereocenters. The number of carboxylic acids is 1. The number of nitrogens with two attached hydrogens (primary N) is 2. The number of primary amides is 1. The fourth-order valence-electron chi connectivity index (χ4n) is 2.00. The summed E-state index contributed by atoms with van der Waals surface area (Å²) >= 11 is 0. The zero-order valence-electron chi connectivity index (χ0n) is 15.8. The summed E-state index contributed by atoms with van der Waals surface area (Å²) in [7, 11) is 0. The number of hydrogen-bond acceptors (Lipinski definition) is 6. The molecule has 0 aromatic heterocycles. The highest BCUT2D eigenvalue weighted by Gasteiger charge is 2.24. The Bertz CT molecular complexity index is 568. The summed E-state index contributed by atoms with van der Waals surface area (Å²) in [4.78, 5) is 57.4. The van der Waals surface area contributed by atoms with Gasteiger partial charge in [-0.1, -0.05) is 20.3 Å². The highest BCUT2D eigenvalue weighted by atomic mass is 16.4. The van der Waals surface area contributed by atoms with Crippen molar-refractivity contribution >= 4 is 29.6 Å². The van der Waals surface area contributed by atoms with E-state index in [1.165, 1.54) is 6.92 Å². The second-order valence-electron chi connectivity index (χ2n) is 6.32. The molecule has 0 aromatic rings. The molecule has 0 aliphatic heterocycles. The summed E-state index contributed by atoms with van der Waals surface area (Å²) in [6.45, 7) is 4.65. The predicted octanol–water partition coefficient (Wildman–Crippen LogP) is -2.18. The van der Waals surface area contributed by atoms with E-state index in [1.54, 1.807) is 0 Å². The number of carbonyl (C=O) groups is 5. The fourth-order valence-corrected chi connectivity index (χ4v) is 2.00. The third-order valence-electron chi connectivity index (χ3n) is 4.05. The smallest absolute Gasteiger partial charge is 0.326 e. The molecule has 0 saturated heterocycles. The van der Waals surface area contributed by atoms with E-state index in [-0.39, 0.29) is 18.8 Å². The van der Waals surface area contributed by atoms with Crippen LogP contribution in [0.2, 0.25) is 0 Å². The Kier molecular flexibility index (Phi) is 10.7. The molecule has 0 aliphatic rings. The van der Waals surface area contributed by atoms with E-state index in [1.807, 2.05) is 13.8 Å². The van der Waals surface area contributed by atoms with Crippen LogP contribution in [0, 0.1) is 5.92 Å². The standard InChI is InChI=1S/C16H29N5O6/c1-4-8(2)13(18)15(25)20-9(3)14(24)19-7-12(23)21-10(16(26)27)5-6-11(17)22/h8-10,13H,4-7,18H2,1-3H3,(H2,17,22)(H,19,24)(H,20,25)(H,21,23)(H,26,27)/t8-,9-,10-,13-/m0/s1. The second kappa shape index (κ2) is 11.8. The van der Waals surface area contributed by atoms with E-state index in [0.717, 1.165) is 0 Å². The van der Waals surface area contributed by atoms with Crippen LogP contribution in [0.25, 0.3) is 0 Å². The Morgan fingerprint density at radius 2 is 1.63 bits per heavy atom. The second-order valence-corrected chi connectivity index (χ2v) is 6.32. The minimum atomic E-state index is -1.32. The molecule has 11 heteroatoms. The van der Waals surface area contributed by atoms with Crippen LogP contribution >= 0.6 is 0 Å². The Hall–Kier alpha value is -2.69. The van der Waals surface area contributed by atoms with Crippen molar-refractivity contribution in [2.75, 3.05) is 6.54 Å². The molecule has 0 fully saturated rings. The number of aliphatic carboxylic acids is 1. The van der Waals surface area contributed by atoms with Gasteiger partial charge in [0.15, 0.2) is 0 Å². The fraction of sp³-hybridized carbons (Fsp3) is 0.688. The van der Waals surface area contributed by atoms with Gasteiger partial charge in [0.25, 0.3) is 0 Å². The maximum atomic E-state index is 12.0. The lowest BCUT2D eigenvalue weighted by molar-refractivity contribution is -0.142. The van der Waals surface area contributed by atoms with E-state index in [0.29, 0.717) is 6.42 Å². The van der Waals surface area contributed by atoms with Crippen LogP contribution < -0.4 is 27.4 Å². The minimum Gasteiger partial charge on any atom is -0.480 e. The molecule has 0 aliphatic carbocycles. The zero-order chi connectivity index (χ0) is 21.1. The molecule has 8 N–H and O–H groups in total. The Labute approximate surface area is 157 Å². The van der Waals surface area contributed by atoms with E-state index in [9.17, 15) is 24.0 Å². The molecule has 4 amide bonds. The normalized spacial score (nSPS) is 15.0. The first-order valence-electron chi connectivity index (χ1n) is 8.63. The third-order valence-corrected chi connectivity index (χ3v) is 4.05. The quantitative estimate of drug-likeness (QED) is 0.219. The molecular formula is C16H29N5O6. The van der Waals surface area contributed by atoms with E-state index in [2.05, 4.69) is 16.0 Å². The number of amides is 4. The van der Waals surface area contributed by atoms with E-state index in [4.69, 9.17) is 16.6 Å². The van der Waals surface area contributed by atoms with Crippen LogP contribution in [0.4, 0.5) is 0 Å². The van der Waals surface area contributed by atoms with Gasteiger partial charge in [-0.05, 0) is 19.3 Å². The molecule has 0 rings (SSSR count). The molecule has 154 valence electrons. The lowest BCUT2D eigenvalue weighted by Crippen LogP contribution is -2.53. The van der Waals surface area contributed by atoms with Crippen molar-refractivity contribution in [2.24, 2.45) is 17.4 Å². The van der Waals surface area contributed by atoms with Crippen LogP contribution in [0.5, 0.6) is 0 Å². The maximum Gasteiger partial charge on any atom is 0.326 e. The molecular weight excluding hydrogens is 358 g/mol. The van der Waals surface area contributed by atoms with Gasteiger partial charge in [0.2, 0.25) is 23.6 Å². The summed E-state index contributed by atoms with van der Waals surface area (Å²) in [5.41, 5.74) is 10.7. The van der Waals surface area contributed by atoms with Gasteiger partial charge in [-0.15, -0.1) is 0 Å². The third kappa shape index (κ3) is 9.54. The molecule has 0 spiro atoms. The van der Waals surface area contributed by atoms with Gasteiger partial charge < -0.3 is 32.5 Å². The van der Waals surface area contributed by atoms with E-state index >= 15 is 0 Å². The van der Waals surface area contributed by atoms with Gasteiger partial charge in [0.1, 0.15) is 12.1 Å². The lowest BCUT2D eigenvalue weighted by Gasteiger charge is -2.21. The summed E-state index contributed by atoms with van der Waals surface area (Å²) in [5.74, 6) is -3.93. The highest BCUT2D eigenvalue weighted by molar-refractivity contribution is 5.92. The Balaban J connectivity index is 4.45. The Morgan fingerprint density at radius 3 is 2.11 bits per heavy atom. The van der Waals surface area contributed by atoms with Crippen molar-refractivity contribution in [3.8, 4) is 0 Å². The molecule has 27 heavy (non-hydrogen) atoms. The summed E-state index contributed by atoms with van der Waals surface area (Å²) in [6.07, 6.45) is 0.337. The minimum absolute atomic E-state index is 0.0561. The molecule has 0 bridgehead atoms. The van der Waals surface area contributed by atoms with Crippen molar-refractivity contribution in [1.29, 1.82) is 0 Å². The summed E-state index contributed by atoms with van der Waals surface area (Å²) in [5, 5.41) is 15.9. The highest BCUT2D eigenvalue weighted by Crippen LogP contribution is 2.05. The number of hydrogen-bond donors (Lipinski definition) is 6.